The van der Waals surface area contributed by atoms with Crippen LogP contribution in [0, 0.1) is 0 Å². The third-order valence-corrected chi connectivity index (χ3v) is 2.39. The van der Waals surface area contributed by atoms with Crippen molar-refractivity contribution in [2.24, 2.45) is 0 Å². The molecule has 0 aliphatic carbocycles. The Morgan fingerprint density at radius 1 is 1.69 bits per heavy atom. The lowest BCUT2D eigenvalue weighted by Crippen LogP contribution is -2.30. The van der Waals surface area contributed by atoms with Crippen LogP contribution in [0.25, 0.3) is 0 Å². The van der Waals surface area contributed by atoms with Crippen LogP contribution in [-0.4, -0.2) is 43.8 Å². The standard InChI is InChI=1S/C8H12N4O4/c9-6-2-10-12(8(15)11-6)7-1-4(14)5(3-13)16-7/h2,4-5,7,13-14H,1,3H2,(H2,9,11,15)/t4?,5-,7-/m1/s1. The predicted octanol–water partition coefficient (Wildman–Crippen LogP) is -2.14. The highest BCUT2D eigenvalue weighted by atomic mass is 16.5. The predicted molar refractivity (Wildman–Crippen MR) is 52.3 cm³/mol. The van der Waals surface area contributed by atoms with Gasteiger partial charge in [0.25, 0.3) is 0 Å². The number of rotatable bonds is 2. The van der Waals surface area contributed by atoms with E-state index in [2.05, 4.69) is 10.1 Å². The summed E-state index contributed by atoms with van der Waals surface area (Å²) in [5, 5.41) is 22.1. The lowest BCUT2D eigenvalue weighted by molar-refractivity contribution is -0.0505. The average Bonchev–Trinajstić information content (AvgIpc) is 2.59. The van der Waals surface area contributed by atoms with Crippen LogP contribution in [0.3, 0.4) is 0 Å². The molecule has 0 spiro atoms. The quantitative estimate of drug-likeness (QED) is 0.527. The number of nitrogens with zero attached hydrogens (tertiary/aromatic N) is 3. The summed E-state index contributed by atoms with van der Waals surface area (Å²) in [5.74, 6) is 0.0264. The molecular weight excluding hydrogens is 216 g/mol. The summed E-state index contributed by atoms with van der Waals surface area (Å²) in [4.78, 5) is 14.9. The summed E-state index contributed by atoms with van der Waals surface area (Å²) < 4.78 is 6.24. The molecule has 1 aliphatic rings. The fourth-order valence-corrected chi connectivity index (χ4v) is 1.59. The van der Waals surface area contributed by atoms with Gasteiger partial charge in [0.1, 0.15) is 11.9 Å². The fraction of sp³-hybridized carbons (Fsp3) is 0.625. The number of nitrogens with two attached hydrogens (primary N) is 1. The average molecular weight is 228 g/mol. The van der Waals surface area contributed by atoms with Gasteiger partial charge in [0.2, 0.25) is 0 Å². The summed E-state index contributed by atoms with van der Waals surface area (Å²) >= 11 is 0. The van der Waals surface area contributed by atoms with Crippen molar-refractivity contribution < 1.29 is 14.9 Å². The lowest BCUT2D eigenvalue weighted by atomic mass is 10.2. The first-order valence-corrected chi connectivity index (χ1v) is 4.77. The molecule has 0 radical (unpaired) electrons. The van der Waals surface area contributed by atoms with E-state index in [1.165, 1.54) is 6.20 Å². The molecule has 0 saturated carbocycles. The summed E-state index contributed by atoms with van der Waals surface area (Å²) in [7, 11) is 0. The molecule has 2 heterocycles. The lowest BCUT2D eigenvalue weighted by Gasteiger charge is -2.12. The summed E-state index contributed by atoms with van der Waals surface area (Å²) in [6, 6.07) is 0. The molecule has 1 aromatic heterocycles. The van der Waals surface area contributed by atoms with E-state index in [-0.39, 0.29) is 18.8 Å². The molecule has 4 N–H and O–H groups in total. The molecule has 3 atom stereocenters. The second-order valence-electron chi connectivity index (χ2n) is 3.52. The monoisotopic (exact) mass is 228 g/mol. The van der Waals surface area contributed by atoms with Crippen LogP contribution in [0.15, 0.2) is 11.0 Å². The normalized spacial score (nSPS) is 29.5. The maximum Gasteiger partial charge on any atom is 0.368 e. The van der Waals surface area contributed by atoms with Gasteiger partial charge in [0.05, 0.1) is 18.9 Å². The van der Waals surface area contributed by atoms with Gasteiger partial charge in [-0.1, -0.05) is 0 Å². The van der Waals surface area contributed by atoms with Crippen molar-refractivity contribution in [1.82, 2.24) is 14.8 Å². The van der Waals surface area contributed by atoms with Gasteiger partial charge in [0.15, 0.2) is 6.23 Å². The molecule has 1 aliphatic heterocycles. The highest BCUT2D eigenvalue weighted by Crippen LogP contribution is 2.26. The Kier molecular flexibility index (Phi) is 2.86. The van der Waals surface area contributed by atoms with Crippen LogP contribution >= 0.6 is 0 Å². The zero-order valence-electron chi connectivity index (χ0n) is 8.35. The van der Waals surface area contributed by atoms with Gasteiger partial charge in [-0.25, -0.2) is 4.79 Å². The van der Waals surface area contributed by atoms with Crippen LogP contribution in [0.4, 0.5) is 5.82 Å². The molecule has 16 heavy (non-hydrogen) atoms. The molecule has 2 rings (SSSR count). The number of nitrogen functional groups attached to an aromatic ring is 1. The van der Waals surface area contributed by atoms with Gasteiger partial charge < -0.3 is 20.7 Å². The van der Waals surface area contributed by atoms with E-state index in [1.807, 2.05) is 0 Å². The van der Waals surface area contributed by atoms with Gasteiger partial charge in [-0.2, -0.15) is 14.8 Å². The van der Waals surface area contributed by atoms with E-state index < -0.39 is 24.1 Å². The first-order chi connectivity index (χ1) is 7.61. The van der Waals surface area contributed by atoms with E-state index in [0.29, 0.717) is 0 Å². The third-order valence-electron chi connectivity index (χ3n) is 2.39. The minimum Gasteiger partial charge on any atom is -0.394 e. The van der Waals surface area contributed by atoms with Crippen LogP contribution in [0.2, 0.25) is 0 Å². The zero-order valence-corrected chi connectivity index (χ0v) is 8.35. The first kappa shape index (κ1) is 11.0. The molecule has 8 nitrogen and oxygen atoms in total. The second kappa shape index (κ2) is 4.16. The summed E-state index contributed by atoms with van der Waals surface area (Å²) in [5.41, 5.74) is 4.65. The molecule has 0 amide bonds. The van der Waals surface area contributed by atoms with Crippen molar-refractivity contribution >= 4 is 5.82 Å². The number of hydrogen-bond donors (Lipinski definition) is 3. The topological polar surface area (TPSA) is 123 Å². The summed E-state index contributed by atoms with van der Waals surface area (Å²) in [6.07, 6.45) is -0.821. The van der Waals surface area contributed by atoms with Crippen molar-refractivity contribution in [3.05, 3.63) is 16.7 Å². The van der Waals surface area contributed by atoms with E-state index in [9.17, 15) is 9.90 Å². The minimum atomic E-state index is -0.818. The van der Waals surface area contributed by atoms with Crippen LogP contribution in [-0.2, 0) is 4.74 Å². The molecule has 88 valence electrons. The number of hydrogen-bond acceptors (Lipinski definition) is 7. The van der Waals surface area contributed by atoms with Crippen LogP contribution in [0.1, 0.15) is 12.6 Å². The summed E-state index contributed by atoms with van der Waals surface area (Å²) in [6.45, 7) is -0.311. The molecule has 1 aromatic rings. The van der Waals surface area contributed by atoms with Gasteiger partial charge >= 0.3 is 5.69 Å². The molecule has 1 saturated heterocycles. The smallest absolute Gasteiger partial charge is 0.368 e. The maximum absolute atomic E-state index is 11.4. The molecule has 1 unspecified atom stereocenters. The number of ether oxygens (including phenoxy) is 1. The second-order valence-corrected chi connectivity index (χ2v) is 3.52. The first-order valence-electron chi connectivity index (χ1n) is 4.77. The molecular formula is C8H12N4O4. The van der Waals surface area contributed by atoms with E-state index in [1.54, 1.807) is 0 Å². The highest BCUT2D eigenvalue weighted by molar-refractivity contribution is 5.19. The maximum atomic E-state index is 11.4. The Balaban J connectivity index is 2.23. The van der Waals surface area contributed by atoms with Crippen LogP contribution in [0.5, 0.6) is 0 Å². The van der Waals surface area contributed by atoms with Crippen molar-refractivity contribution in [3.63, 3.8) is 0 Å². The van der Waals surface area contributed by atoms with Crippen molar-refractivity contribution in [2.75, 3.05) is 12.3 Å². The van der Waals surface area contributed by atoms with Crippen LogP contribution < -0.4 is 11.4 Å². The highest BCUT2D eigenvalue weighted by Gasteiger charge is 2.35. The Morgan fingerprint density at radius 3 is 3.00 bits per heavy atom. The SMILES string of the molecule is Nc1cnn([C@H]2CC(O)[C@@H](CO)O2)c(=O)n1. The van der Waals surface area contributed by atoms with Crippen molar-refractivity contribution in [2.45, 2.75) is 24.9 Å². The number of anilines is 1. The largest absolute Gasteiger partial charge is 0.394 e. The number of aromatic nitrogens is 3. The molecule has 8 heteroatoms. The molecule has 0 bridgehead atoms. The van der Waals surface area contributed by atoms with Gasteiger partial charge in [-0.15, -0.1) is 0 Å². The van der Waals surface area contributed by atoms with E-state index in [4.69, 9.17) is 15.6 Å². The minimum absolute atomic E-state index is 0.0264. The van der Waals surface area contributed by atoms with Gasteiger partial charge in [-0.05, 0) is 0 Å². The zero-order chi connectivity index (χ0) is 11.7. The van der Waals surface area contributed by atoms with Gasteiger partial charge in [0, 0.05) is 6.42 Å². The fourth-order valence-electron chi connectivity index (χ4n) is 1.59. The third kappa shape index (κ3) is 1.90. The Labute approximate surface area is 90.3 Å². The Morgan fingerprint density at radius 2 is 2.44 bits per heavy atom. The number of aliphatic hydroxyl groups excluding tert-OH is 2. The van der Waals surface area contributed by atoms with E-state index in [0.717, 1.165) is 4.68 Å². The van der Waals surface area contributed by atoms with Crippen molar-refractivity contribution in [1.29, 1.82) is 0 Å². The molecule has 1 fully saturated rings. The Bertz CT molecular complexity index is 434. The number of aliphatic hydroxyl groups is 2. The Hall–Kier alpha value is -1.51. The van der Waals surface area contributed by atoms with E-state index >= 15 is 0 Å². The molecule has 0 aromatic carbocycles. The van der Waals surface area contributed by atoms with Gasteiger partial charge in [-0.3, -0.25) is 0 Å². The van der Waals surface area contributed by atoms with Crippen molar-refractivity contribution in [3.8, 4) is 0 Å².